The van der Waals surface area contributed by atoms with E-state index >= 15 is 0 Å². The van der Waals surface area contributed by atoms with Crippen LogP contribution in [0.15, 0.2) is 61.2 Å². The van der Waals surface area contributed by atoms with Crippen LogP contribution in [0.3, 0.4) is 0 Å². The van der Waals surface area contributed by atoms with Gasteiger partial charge in [-0.15, -0.1) is 6.58 Å². The molecule has 0 unspecified atom stereocenters. The topological polar surface area (TPSA) is 0 Å². The second-order valence-electron chi connectivity index (χ2n) is 10.5. The number of hydrogen-bond acceptors (Lipinski definition) is 0. The summed E-state index contributed by atoms with van der Waals surface area (Å²) in [6, 6.07) is 17.8. The zero-order valence-electron chi connectivity index (χ0n) is 21.7. The standard InChI is InChI=1S/C34H46/c1-3-5-7-8-9-10-12-30-15-19-32(20-16-30)22-24-34-27-25-33(26-28-34)23-21-31-17-13-29(14-18-31)11-6-4-2/h3,15-16,19-20,25-29,31H,1,4-14,17-18,21,23H2,2H3. The van der Waals surface area contributed by atoms with Crippen molar-refractivity contribution in [3.63, 3.8) is 0 Å². The molecular formula is C34H46. The van der Waals surface area contributed by atoms with Crippen LogP contribution in [0.1, 0.15) is 113 Å². The van der Waals surface area contributed by atoms with Gasteiger partial charge >= 0.3 is 0 Å². The van der Waals surface area contributed by atoms with Gasteiger partial charge in [-0.1, -0.05) is 107 Å². The molecule has 1 saturated carbocycles. The highest BCUT2D eigenvalue weighted by molar-refractivity contribution is 5.44. The van der Waals surface area contributed by atoms with E-state index in [9.17, 15) is 0 Å². The minimum absolute atomic E-state index is 0.942. The highest BCUT2D eigenvalue weighted by Crippen LogP contribution is 2.34. The molecule has 0 saturated heterocycles. The molecule has 1 aliphatic rings. The van der Waals surface area contributed by atoms with Crippen molar-refractivity contribution in [3.05, 3.63) is 83.4 Å². The maximum absolute atomic E-state index is 3.79. The van der Waals surface area contributed by atoms with Crippen molar-refractivity contribution >= 4 is 0 Å². The third-order valence-corrected chi connectivity index (χ3v) is 7.66. The number of allylic oxidation sites excluding steroid dienone is 1. The molecule has 3 rings (SSSR count). The maximum atomic E-state index is 3.79. The highest BCUT2D eigenvalue weighted by Gasteiger charge is 2.20. The average Bonchev–Trinajstić information content (AvgIpc) is 2.89. The van der Waals surface area contributed by atoms with Gasteiger partial charge in [0.15, 0.2) is 0 Å². The fraction of sp³-hybridized carbons (Fsp3) is 0.529. The Morgan fingerprint density at radius 1 is 0.676 bits per heavy atom. The van der Waals surface area contributed by atoms with Crippen molar-refractivity contribution in [3.8, 4) is 11.8 Å². The Kier molecular flexibility index (Phi) is 12.1. The van der Waals surface area contributed by atoms with Crippen molar-refractivity contribution in [1.82, 2.24) is 0 Å². The van der Waals surface area contributed by atoms with Crippen molar-refractivity contribution in [2.45, 2.75) is 103 Å². The molecule has 0 bridgehead atoms. The zero-order valence-corrected chi connectivity index (χ0v) is 21.7. The van der Waals surface area contributed by atoms with Gasteiger partial charge in [0.2, 0.25) is 0 Å². The Bertz CT molecular complexity index is 866. The van der Waals surface area contributed by atoms with E-state index in [4.69, 9.17) is 0 Å². The number of rotatable bonds is 13. The smallest absolute Gasteiger partial charge is 0.0249 e. The highest BCUT2D eigenvalue weighted by atomic mass is 14.3. The molecule has 0 heteroatoms. The van der Waals surface area contributed by atoms with E-state index in [0.717, 1.165) is 29.4 Å². The lowest BCUT2D eigenvalue weighted by Gasteiger charge is -2.28. The van der Waals surface area contributed by atoms with Crippen LogP contribution in [-0.4, -0.2) is 0 Å². The van der Waals surface area contributed by atoms with E-state index in [1.165, 1.54) is 101 Å². The lowest BCUT2D eigenvalue weighted by Crippen LogP contribution is -2.15. The van der Waals surface area contributed by atoms with Gasteiger partial charge in [-0.25, -0.2) is 0 Å². The van der Waals surface area contributed by atoms with Crippen LogP contribution in [0.5, 0.6) is 0 Å². The van der Waals surface area contributed by atoms with Crippen LogP contribution < -0.4 is 0 Å². The summed E-state index contributed by atoms with van der Waals surface area (Å²) in [6.07, 6.45) is 22.2. The monoisotopic (exact) mass is 454 g/mol. The predicted molar refractivity (Wildman–Crippen MR) is 149 cm³/mol. The lowest BCUT2D eigenvalue weighted by atomic mass is 9.78. The second kappa shape index (κ2) is 15.6. The molecule has 0 spiro atoms. The predicted octanol–water partition coefficient (Wildman–Crippen LogP) is 9.69. The van der Waals surface area contributed by atoms with E-state index in [0.29, 0.717) is 0 Å². The SMILES string of the molecule is C=CCCCCCCc1ccc(C#Cc2ccc(CCC3CCC(CCCC)CC3)cc2)cc1. The van der Waals surface area contributed by atoms with Crippen LogP contribution in [0.4, 0.5) is 0 Å². The first kappa shape index (κ1) is 26.3. The molecule has 0 nitrogen and oxygen atoms in total. The quantitative estimate of drug-likeness (QED) is 0.160. The maximum Gasteiger partial charge on any atom is 0.0249 e. The fourth-order valence-electron chi connectivity index (χ4n) is 5.30. The van der Waals surface area contributed by atoms with Gasteiger partial charge < -0.3 is 0 Å². The number of unbranched alkanes of at least 4 members (excludes halogenated alkanes) is 5. The lowest BCUT2D eigenvalue weighted by molar-refractivity contribution is 0.250. The zero-order chi connectivity index (χ0) is 23.8. The van der Waals surface area contributed by atoms with Crippen molar-refractivity contribution in [2.75, 3.05) is 0 Å². The summed E-state index contributed by atoms with van der Waals surface area (Å²) in [5.41, 5.74) is 5.11. The normalized spacial score (nSPS) is 17.7. The summed E-state index contributed by atoms with van der Waals surface area (Å²) in [5.74, 6) is 8.65. The molecule has 1 fully saturated rings. The molecule has 0 aliphatic heterocycles. The third kappa shape index (κ3) is 9.93. The molecule has 0 heterocycles. The fourth-order valence-corrected chi connectivity index (χ4v) is 5.30. The van der Waals surface area contributed by atoms with Gasteiger partial charge in [0.25, 0.3) is 0 Å². The minimum Gasteiger partial charge on any atom is -0.103 e. The average molecular weight is 455 g/mol. The Labute approximate surface area is 210 Å². The first-order chi connectivity index (χ1) is 16.8. The molecular weight excluding hydrogens is 408 g/mol. The summed E-state index contributed by atoms with van der Waals surface area (Å²) in [5, 5.41) is 0. The van der Waals surface area contributed by atoms with Gasteiger partial charge in [0.05, 0.1) is 0 Å². The van der Waals surface area contributed by atoms with Crippen LogP contribution in [-0.2, 0) is 12.8 Å². The van der Waals surface area contributed by atoms with E-state index < -0.39 is 0 Å². The molecule has 0 N–H and O–H groups in total. The van der Waals surface area contributed by atoms with E-state index in [-0.39, 0.29) is 0 Å². The Balaban J connectivity index is 1.37. The van der Waals surface area contributed by atoms with Gasteiger partial charge in [-0.05, 0) is 85.8 Å². The second-order valence-corrected chi connectivity index (χ2v) is 10.5. The first-order valence-corrected chi connectivity index (χ1v) is 14.1. The molecule has 1 aliphatic carbocycles. The van der Waals surface area contributed by atoms with E-state index in [1.54, 1.807) is 0 Å². The number of hydrogen-bond donors (Lipinski definition) is 0. The minimum atomic E-state index is 0.942. The molecule has 0 amide bonds. The summed E-state index contributed by atoms with van der Waals surface area (Å²) in [4.78, 5) is 0. The summed E-state index contributed by atoms with van der Waals surface area (Å²) in [7, 11) is 0. The molecule has 0 radical (unpaired) electrons. The molecule has 0 atom stereocenters. The third-order valence-electron chi connectivity index (χ3n) is 7.66. The van der Waals surface area contributed by atoms with Crippen LogP contribution in [0.2, 0.25) is 0 Å². The van der Waals surface area contributed by atoms with Gasteiger partial charge in [0, 0.05) is 11.1 Å². The molecule has 2 aromatic rings. The number of benzene rings is 2. The van der Waals surface area contributed by atoms with Gasteiger partial charge in [0.1, 0.15) is 0 Å². The largest absolute Gasteiger partial charge is 0.103 e. The molecule has 34 heavy (non-hydrogen) atoms. The van der Waals surface area contributed by atoms with Crippen molar-refractivity contribution < 1.29 is 0 Å². The van der Waals surface area contributed by atoms with Gasteiger partial charge in [-0.2, -0.15) is 0 Å². The molecule has 182 valence electrons. The Hall–Kier alpha value is -2.26. The summed E-state index contributed by atoms with van der Waals surface area (Å²) >= 11 is 0. The van der Waals surface area contributed by atoms with E-state index in [1.807, 2.05) is 6.08 Å². The summed E-state index contributed by atoms with van der Waals surface area (Å²) in [6.45, 7) is 6.11. The van der Waals surface area contributed by atoms with Crippen LogP contribution in [0.25, 0.3) is 0 Å². The van der Waals surface area contributed by atoms with E-state index in [2.05, 4.69) is 73.9 Å². The van der Waals surface area contributed by atoms with Crippen molar-refractivity contribution in [1.29, 1.82) is 0 Å². The van der Waals surface area contributed by atoms with Crippen molar-refractivity contribution in [2.24, 2.45) is 11.8 Å². The molecule has 2 aromatic carbocycles. The molecule has 0 aromatic heterocycles. The van der Waals surface area contributed by atoms with Crippen LogP contribution >= 0.6 is 0 Å². The van der Waals surface area contributed by atoms with Gasteiger partial charge in [-0.3, -0.25) is 0 Å². The Morgan fingerprint density at radius 2 is 1.21 bits per heavy atom. The number of aryl methyl sites for hydroxylation is 2. The van der Waals surface area contributed by atoms with Crippen LogP contribution in [0, 0.1) is 23.7 Å². The first-order valence-electron chi connectivity index (χ1n) is 14.1. The Morgan fingerprint density at radius 3 is 1.76 bits per heavy atom. The summed E-state index contributed by atoms with van der Waals surface area (Å²) < 4.78 is 0.